The molecule has 0 aromatic rings. The lowest BCUT2D eigenvalue weighted by Gasteiger charge is -2.18. The van der Waals surface area contributed by atoms with E-state index >= 15 is 0 Å². The standard InChI is InChI=1S/C59H98O5/c1-4-7-10-13-16-19-22-25-27-29-31-33-36-39-42-45-48-51-54-62-55-57(64-59(61)53-50-47-44-41-38-34-24-21-18-15-12-9-6-3)56-63-58(60)52-49-46-43-40-37-35-32-30-28-26-23-20-17-14-11-8-5-2/h7,9-10,12,16,18-19,21,25-28,31,33-34,38,44,47,57H,4-6,8,11,13-15,17,20,22-24,29-30,32,35-37,39-43,45-46,48-56H2,1-3H3/b10-7-,12-9-,19-16-,21-18-,27-25-,28-26-,33-31-,38-34-,47-44-. The molecule has 0 aromatic heterocycles. The second kappa shape index (κ2) is 53.9. The van der Waals surface area contributed by atoms with E-state index in [1.807, 2.05) is 6.08 Å². The lowest BCUT2D eigenvalue weighted by atomic mass is 10.1. The molecule has 0 aliphatic rings. The minimum absolute atomic E-state index is 0.0409. The highest BCUT2D eigenvalue weighted by atomic mass is 16.6. The molecule has 0 heterocycles. The monoisotopic (exact) mass is 887 g/mol. The van der Waals surface area contributed by atoms with Gasteiger partial charge < -0.3 is 14.2 Å². The molecule has 1 unspecified atom stereocenters. The molecule has 0 amide bonds. The van der Waals surface area contributed by atoms with Crippen molar-refractivity contribution in [2.75, 3.05) is 19.8 Å². The predicted octanol–water partition coefficient (Wildman–Crippen LogP) is 18.0. The lowest BCUT2D eigenvalue weighted by molar-refractivity contribution is -0.162. The number of carbonyl (C=O) groups excluding carboxylic acids is 2. The zero-order valence-corrected chi connectivity index (χ0v) is 41.8. The van der Waals surface area contributed by atoms with Crippen molar-refractivity contribution in [1.29, 1.82) is 0 Å². The second-order valence-corrected chi connectivity index (χ2v) is 17.0. The first-order valence-electron chi connectivity index (χ1n) is 26.4. The van der Waals surface area contributed by atoms with Gasteiger partial charge in [-0.2, -0.15) is 0 Å². The van der Waals surface area contributed by atoms with Crippen molar-refractivity contribution in [2.24, 2.45) is 0 Å². The topological polar surface area (TPSA) is 61.8 Å². The zero-order chi connectivity index (χ0) is 46.3. The van der Waals surface area contributed by atoms with Crippen LogP contribution in [0.2, 0.25) is 0 Å². The van der Waals surface area contributed by atoms with Crippen molar-refractivity contribution in [1.82, 2.24) is 0 Å². The number of ether oxygens (including phenoxy) is 3. The minimum atomic E-state index is -0.592. The molecule has 0 rings (SSSR count). The molecule has 64 heavy (non-hydrogen) atoms. The third kappa shape index (κ3) is 51.2. The van der Waals surface area contributed by atoms with Crippen LogP contribution in [0.4, 0.5) is 0 Å². The number of hydrogen-bond acceptors (Lipinski definition) is 5. The van der Waals surface area contributed by atoms with Crippen molar-refractivity contribution in [3.8, 4) is 0 Å². The van der Waals surface area contributed by atoms with Gasteiger partial charge in [0, 0.05) is 19.4 Å². The van der Waals surface area contributed by atoms with E-state index in [1.54, 1.807) is 0 Å². The van der Waals surface area contributed by atoms with Crippen molar-refractivity contribution in [3.63, 3.8) is 0 Å². The maximum absolute atomic E-state index is 12.8. The molecule has 0 fully saturated rings. The summed E-state index contributed by atoms with van der Waals surface area (Å²) in [7, 11) is 0. The highest BCUT2D eigenvalue weighted by Crippen LogP contribution is 2.13. The summed E-state index contributed by atoms with van der Waals surface area (Å²) in [4.78, 5) is 25.4. The van der Waals surface area contributed by atoms with E-state index in [0.29, 0.717) is 19.4 Å². The summed E-state index contributed by atoms with van der Waals surface area (Å²) in [5, 5.41) is 0. The SMILES string of the molecule is CC/C=C\C/C=C\C/C=C\C/C=C\CCCCCCCOCC(COC(=O)CCCCCCCCC/C=C\CCCCCCCC)OC(=O)CC/C=C\C/C=C\C/C=C\C/C=C\CC. The summed E-state index contributed by atoms with van der Waals surface area (Å²) in [5.41, 5.74) is 0. The van der Waals surface area contributed by atoms with Crippen LogP contribution < -0.4 is 0 Å². The molecule has 5 nitrogen and oxygen atoms in total. The van der Waals surface area contributed by atoms with E-state index in [4.69, 9.17) is 14.2 Å². The largest absolute Gasteiger partial charge is 0.462 e. The highest BCUT2D eigenvalue weighted by Gasteiger charge is 2.17. The van der Waals surface area contributed by atoms with Gasteiger partial charge in [0.15, 0.2) is 6.10 Å². The van der Waals surface area contributed by atoms with Crippen LogP contribution in [0.5, 0.6) is 0 Å². The molecule has 1 atom stereocenters. The van der Waals surface area contributed by atoms with Gasteiger partial charge in [0.1, 0.15) is 6.61 Å². The number of unbranched alkanes of at least 4 members (excludes halogenated alkanes) is 18. The number of hydrogen-bond donors (Lipinski definition) is 0. The zero-order valence-electron chi connectivity index (χ0n) is 41.8. The minimum Gasteiger partial charge on any atom is -0.462 e. The van der Waals surface area contributed by atoms with Crippen LogP contribution in [0, 0.1) is 0 Å². The number of allylic oxidation sites excluding steroid dienone is 18. The first-order chi connectivity index (χ1) is 31.6. The maximum Gasteiger partial charge on any atom is 0.306 e. The molecule has 0 aliphatic heterocycles. The van der Waals surface area contributed by atoms with Gasteiger partial charge in [0.05, 0.1) is 6.61 Å². The van der Waals surface area contributed by atoms with Crippen molar-refractivity contribution in [3.05, 3.63) is 109 Å². The van der Waals surface area contributed by atoms with Gasteiger partial charge in [-0.15, -0.1) is 0 Å². The third-order valence-electron chi connectivity index (χ3n) is 10.8. The quantitative estimate of drug-likeness (QED) is 0.0346. The summed E-state index contributed by atoms with van der Waals surface area (Å²) in [6, 6.07) is 0. The Morgan fingerprint density at radius 2 is 0.734 bits per heavy atom. The normalized spacial score (nSPS) is 13.1. The molecule has 0 N–H and O–H groups in total. The first kappa shape index (κ1) is 60.6. The van der Waals surface area contributed by atoms with Crippen LogP contribution in [0.3, 0.4) is 0 Å². The summed E-state index contributed by atoms with van der Waals surface area (Å²) < 4.78 is 17.3. The van der Waals surface area contributed by atoms with Crippen molar-refractivity contribution < 1.29 is 23.8 Å². The van der Waals surface area contributed by atoms with E-state index in [-0.39, 0.29) is 31.6 Å². The van der Waals surface area contributed by atoms with E-state index in [9.17, 15) is 9.59 Å². The molecule has 0 bridgehead atoms. The maximum atomic E-state index is 12.8. The fourth-order valence-electron chi connectivity index (χ4n) is 6.92. The molecule has 0 saturated carbocycles. The number of carbonyl (C=O) groups is 2. The van der Waals surface area contributed by atoms with Crippen LogP contribution in [0.15, 0.2) is 109 Å². The van der Waals surface area contributed by atoms with Gasteiger partial charge in [-0.05, 0) is 109 Å². The average molecular weight is 887 g/mol. The molecule has 0 spiro atoms. The smallest absolute Gasteiger partial charge is 0.306 e. The molecule has 5 heteroatoms. The van der Waals surface area contributed by atoms with Gasteiger partial charge in [0.25, 0.3) is 0 Å². The first-order valence-corrected chi connectivity index (χ1v) is 26.4. The lowest BCUT2D eigenvalue weighted by Crippen LogP contribution is -2.30. The molecule has 0 aliphatic carbocycles. The van der Waals surface area contributed by atoms with E-state index in [2.05, 4.69) is 124 Å². The average Bonchev–Trinajstić information content (AvgIpc) is 3.30. The Bertz CT molecular complexity index is 1280. The van der Waals surface area contributed by atoms with E-state index in [1.165, 1.54) is 96.3 Å². The van der Waals surface area contributed by atoms with Crippen LogP contribution >= 0.6 is 0 Å². The molecule has 0 aromatic carbocycles. The molecule has 0 saturated heterocycles. The van der Waals surface area contributed by atoms with Gasteiger partial charge in [-0.3, -0.25) is 9.59 Å². The van der Waals surface area contributed by atoms with Crippen LogP contribution in [-0.2, 0) is 23.8 Å². The van der Waals surface area contributed by atoms with Gasteiger partial charge >= 0.3 is 11.9 Å². The molecular formula is C59H98O5. The molecule has 364 valence electrons. The van der Waals surface area contributed by atoms with Gasteiger partial charge in [-0.25, -0.2) is 0 Å². The Labute approximate surface area is 395 Å². The molecular weight excluding hydrogens is 789 g/mol. The fourth-order valence-corrected chi connectivity index (χ4v) is 6.92. The van der Waals surface area contributed by atoms with Crippen LogP contribution in [0.1, 0.15) is 226 Å². The summed E-state index contributed by atoms with van der Waals surface area (Å²) in [6.07, 6.45) is 74.0. The Morgan fingerprint density at radius 3 is 1.20 bits per heavy atom. The summed E-state index contributed by atoms with van der Waals surface area (Å²) in [6.45, 7) is 7.47. The molecule has 0 radical (unpaired) electrons. The number of rotatable bonds is 47. The van der Waals surface area contributed by atoms with Gasteiger partial charge in [-0.1, -0.05) is 214 Å². The highest BCUT2D eigenvalue weighted by molar-refractivity contribution is 5.70. The summed E-state index contributed by atoms with van der Waals surface area (Å²) >= 11 is 0. The Morgan fingerprint density at radius 1 is 0.359 bits per heavy atom. The van der Waals surface area contributed by atoms with Crippen LogP contribution in [0.25, 0.3) is 0 Å². The van der Waals surface area contributed by atoms with Crippen molar-refractivity contribution in [2.45, 2.75) is 232 Å². The van der Waals surface area contributed by atoms with Crippen molar-refractivity contribution >= 4 is 11.9 Å². The van der Waals surface area contributed by atoms with Gasteiger partial charge in [0.2, 0.25) is 0 Å². The number of esters is 2. The Hall–Kier alpha value is -3.44. The van der Waals surface area contributed by atoms with E-state index in [0.717, 1.165) is 89.9 Å². The second-order valence-electron chi connectivity index (χ2n) is 17.0. The Kier molecular flexibility index (Phi) is 51.0. The predicted molar refractivity (Wildman–Crippen MR) is 279 cm³/mol. The van der Waals surface area contributed by atoms with E-state index < -0.39 is 6.10 Å². The van der Waals surface area contributed by atoms with Crippen LogP contribution in [-0.4, -0.2) is 37.9 Å². The third-order valence-corrected chi connectivity index (χ3v) is 10.8. The fraction of sp³-hybridized carbons (Fsp3) is 0.661. The summed E-state index contributed by atoms with van der Waals surface area (Å²) in [5.74, 6) is -0.511. The Balaban J connectivity index is 4.39.